The number of nitrogens with one attached hydrogen (secondary N) is 1. The van der Waals surface area contributed by atoms with Crippen LogP contribution in [0.4, 0.5) is 0 Å². The second-order valence-electron chi connectivity index (χ2n) is 8.47. The number of benzene rings is 1. The maximum absolute atomic E-state index is 12.5. The first kappa shape index (κ1) is 19.2. The maximum atomic E-state index is 12.5. The molecule has 1 fully saturated rings. The maximum Gasteiger partial charge on any atom is 0.225 e. The number of ether oxygens (including phenoxy) is 1. The quantitative estimate of drug-likeness (QED) is 0.838. The average Bonchev–Trinajstić information content (AvgIpc) is 2.94. The molecule has 1 aromatic carbocycles. The van der Waals surface area contributed by atoms with Crippen LogP contribution >= 0.6 is 0 Å². The van der Waals surface area contributed by atoms with Gasteiger partial charge in [0.05, 0.1) is 0 Å². The van der Waals surface area contributed by atoms with Gasteiger partial charge in [0.15, 0.2) is 0 Å². The van der Waals surface area contributed by atoms with Crippen molar-refractivity contribution in [3.63, 3.8) is 0 Å². The normalized spacial score (nSPS) is 19.5. The number of likely N-dealkylation sites (tertiary alicyclic amines) is 1. The molecule has 3 rings (SSSR count). The third-order valence-corrected chi connectivity index (χ3v) is 5.86. The van der Waals surface area contributed by atoms with E-state index in [1.807, 2.05) is 0 Å². The van der Waals surface area contributed by atoms with Crippen LogP contribution in [0.25, 0.3) is 0 Å². The molecule has 0 atom stereocenters. The molecule has 4 nitrogen and oxygen atoms in total. The zero-order chi connectivity index (χ0) is 18.7. The zero-order valence-corrected chi connectivity index (χ0v) is 16.8. The molecular weight excluding hydrogens is 324 g/mol. The first-order valence-corrected chi connectivity index (χ1v) is 10.2. The molecule has 0 aromatic heterocycles. The molecule has 0 saturated carbocycles. The number of carbonyl (C=O) groups excluding carboxylic acids is 1. The van der Waals surface area contributed by atoms with Crippen LogP contribution < -0.4 is 10.1 Å². The van der Waals surface area contributed by atoms with Gasteiger partial charge in [-0.1, -0.05) is 26.0 Å². The fourth-order valence-corrected chi connectivity index (χ4v) is 4.24. The summed E-state index contributed by atoms with van der Waals surface area (Å²) in [4.78, 5) is 14.6. The molecule has 4 heteroatoms. The predicted molar refractivity (Wildman–Crippen MR) is 105 cm³/mol. The highest BCUT2D eigenvalue weighted by Crippen LogP contribution is 2.35. The van der Waals surface area contributed by atoms with Crippen LogP contribution in [0.3, 0.4) is 0 Å². The molecule has 1 saturated heterocycles. The molecular formula is C22H34N2O2. The van der Waals surface area contributed by atoms with E-state index >= 15 is 0 Å². The Bertz CT molecular complexity index is 629. The molecule has 0 radical (unpaired) electrons. The van der Waals surface area contributed by atoms with Crippen molar-refractivity contribution >= 4 is 5.91 Å². The second-order valence-corrected chi connectivity index (χ2v) is 8.47. The van der Waals surface area contributed by atoms with Gasteiger partial charge in [0, 0.05) is 38.0 Å². The monoisotopic (exact) mass is 358 g/mol. The molecule has 144 valence electrons. The van der Waals surface area contributed by atoms with Crippen molar-refractivity contribution in [1.82, 2.24) is 10.2 Å². The summed E-state index contributed by atoms with van der Waals surface area (Å²) in [5.74, 6) is 1.60. The van der Waals surface area contributed by atoms with Crippen LogP contribution in [0, 0.1) is 5.92 Å². The Morgan fingerprint density at radius 3 is 2.62 bits per heavy atom. The smallest absolute Gasteiger partial charge is 0.225 e. The number of fused-ring (bicyclic) bond motifs is 1. The lowest BCUT2D eigenvalue weighted by atomic mass is 9.98. The summed E-state index contributed by atoms with van der Waals surface area (Å²) in [6.07, 6.45) is 4.98. The first-order valence-electron chi connectivity index (χ1n) is 10.2. The highest BCUT2D eigenvalue weighted by molar-refractivity contribution is 5.78. The molecule has 0 bridgehead atoms. The van der Waals surface area contributed by atoms with Crippen molar-refractivity contribution in [1.29, 1.82) is 0 Å². The van der Waals surface area contributed by atoms with Crippen molar-refractivity contribution in [2.45, 2.75) is 78.0 Å². The van der Waals surface area contributed by atoms with E-state index in [2.05, 4.69) is 56.1 Å². The number of piperidine rings is 1. The lowest BCUT2D eigenvalue weighted by Gasteiger charge is -2.34. The molecule has 2 aliphatic rings. The molecule has 1 N–H and O–H groups in total. The van der Waals surface area contributed by atoms with Gasteiger partial charge in [-0.15, -0.1) is 0 Å². The summed E-state index contributed by atoms with van der Waals surface area (Å²) < 4.78 is 5.96. The fraction of sp³-hybridized carbons (Fsp3) is 0.682. The largest absolute Gasteiger partial charge is 0.487 e. The molecule has 26 heavy (non-hydrogen) atoms. The van der Waals surface area contributed by atoms with Crippen molar-refractivity contribution in [3.8, 4) is 5.75 Å². The van der Waals surface area contributed by atoms with Crippen LogP contribution in [0.15, 0.2) is 18.2 Å². The highest BCUT2D eigenvalue weighted by Gasteiger charge is 2.30. The Hall–Kier alpha value is -1.55. The number of carbonyl (C=O) groups is 1. The Balaban J connectivity index is 1.47. The van der Waals surface area contributed by atoms with Gasteiger partial charge in [-0.25, -0.2) is 0 Å². The first-order chi connectivity index (χ1) is 12.4. The van der Waals surface area contributed by atoms with Crippen LogP contribution in [-0.4, -0.2) is 35.5 Å². The fourth-order valence-electron chi connectivity index (χ4n) is 4.24. The predicted octanol–water partition coefficient (Wildman–Crippen LogP) is 3.92. The minimum absolute atomic E-state index is 0.0808. The lowest BCUT2D eigenvalue weighted by Crippen LogP contribution is -2.46. The van der Waals surface area contributed by atoms with Crippen LogP contribution in [0.5, 0.6) is 5.75 Å². The summed E-state index contributed by atoms with van der Waals surface area (Å²) in [6.45, 7) is 11.2. The standard InChI is InChI=1S/C22H34N2O2/c1-5-17(6-2)21(25)24-11-9-19(10-12-24)23-15-16-7-8-20-18(13-16)14-22(3,4)26-20/h7-8,13,17,19,23H,5-6,9-12,14-15H2,1-4H3. The third-order valence-electron chi connectivity index (χ3n) is 5.86. The molecule has 0 spiro atoms. The van der Waals surface area contributed by atoms with Crippen LogP contribution in [-0.2, 0) is 17.8 Å². The van der Waals surface area contributed by atoms with Gasteiger partial charge in [-0.05, 0) is 56.7 Å². The van der Waals surface area contributed by atoms with E-state index in [1.165, 1.54) is 11.1 Å². The van der Waals surface area contributed by atoms with E-state index in [9.17, 15) is 4.79 Å². The van der Waals surface area contributed by atoms with Gasteiger partial charge in [0.1, 0.15) is 11.4 Å². The van der Waals surface area contributed by atoms with E-state index in [4.69, 9.17) is 4.74 Å². The van der Waals surface area contributed by atoms with E-state index in [1.54, 1.807) is 0 Å². The summed E-state index contributed by atoms with van der Waals surface area (Å²) >= 11 is 0. The Morgan fingerprint density at radius 1 is 1.27 bits per heavy atom. The molecule has 0 aliphatic carbocycles. The Labute approximate surface area is 158 Å². The molecule has 2 aliphatic heterocycles. The number of hydrogen-bond acceptors (Lipinski definition) is 3. The Morgan fingerprint density at radius 2 is 1.96 bits per heavy atom. The van der Waals surface area contributed by atoms with Crippen molar-refractivity contribution in [3.05, 3.63) is 29.3 Å². The number of amides is 1. The van der Waals surface area contributed by atoms with E-state index in [0.717, 1.165) is 57.5 Å². The van der Waals surface area contributed by atoms with E-state index in [-0.39, 0.29) is 11.5 Å². The third kappa shape index (κ3) is 4.40. The zero-order valence-electron chi connectivity index (χ0n) is 16.8. The lowest BCUT2D eigenvalue weighted by molar-refractivity contribution is -0.136. The van der Waals surface area contributed by atoms with Gasteiger partial charge in [-0.3, -0.25) is 4.79 Å². The number of nitrogens with zero attached hydrogens (tertiary/aromatic N) is 1. The van der Waals surface area contributed by atoms with Gasteiger partial charge in [0.25, 0.3) is 0 Å². The molecule has 2 heterocycles. The molecule has 1 amide bonds. The minimum Gasteiger partial charge on any atom is -0.487 e. The minimum atomic E-state index is -0.0808. The summed E-state index contributed by atoms with van der Waals surface area (Å²) in [6, 6.07) is 7.06. The van der Waals surface area contributed by atoms with Crippen molar-refractivity contribution in [2.75, 3.05) is 13.1 Å². The van der Waals surface area contributed by atoms with Crippen LogP contribution in [0.2, 0.25) is 0 Å². The Kier molecular flexibility index (Phi) is 5.91. The number of rotatable bonds is 6. The van der Waals surface area contributed by atoms with Gasteiger partial charge in [-0.2, -0.15) is 0 Å². The second kappa shape index (κ2) is 7.99. The SMILES string of the molecule is CCC(CC)C(=O)N1CCC(NCc2ccc3c(c2)CC(C)(C)O3)CC1. The highest BCUT2D eigenvalue weighted by atomic mass is 16.5. The van der Waals surface area contributed by atoms with Gasteiger partial charge >= 0.3 is 0 Å². The van der Waals surface area contributed by atoms with Crippen LogP contribution in [0.1, 0.15) is 64.5 Å². The topological polar surface area (TPSA) is 41.6 Å². The van der Waals surface area contributed by atoms with E-state index in [0.29, 0.717) is 11.9 Å². The average molecular weight is 359 g/mol. The van der Waals surface area contributed by atoms with Crippen molar-refractivity contribution < 1.29 is 9.53 Å². The number of hydrogen-bond donors (Lipinski definition) is 1. The summed E-state index contributed by atoms with van der Waals surface area (Å²) in [5, 5.41) is 3.69. The van der Waals surface area contributed by atoms with Gasteiger partial charge < -0.3 is 15.0 Å². The van der Waals surface area contributed by atoms with Gasteiger partial charge in [0.2, 0.25) is 5.91 Å². The molecule has 0 unspecified atom stereocenters. The summed E-state index contributed by atoms with van der Waals surface area (Å²) in [5.41, 5.74) is 2.56. The van der Waals surface area contributed by atoms with Crippen molar-refractivity contribution in [2.24, 2.45) is 5.92 Å². The molecule has 1 aromatic rings. The summed E-state index contributed by atoms with van der Waals surface area (Å²) in [7, 11) is 0. The van der Waals surface area contributed by atoms with E-state index < -0.39 is 0 Å².